The first kappa shape index (κ1) is 18.6. The molecular formula is C21H29N3O2. The van der Waals surface area contributed by atoms with Crippen molar-refractivity contribution in [1.29, 1.82) is 0 Å². The number of carbonyl (C=O) groups excluding carboxylic acids is 1. The lowest BCUT2D eigenvalue weighted by molar-refractivity contribution is -0.135. The number of hydrogen-bond donors (Lipinski definition) is 0. The van der Waals surface area contributed by atoms with E-state index in [4.69, 9.17) is 4.74 Å². The van der Waals surface area contributed by atoms with Gasteiger partial charge in [-0.05, 0) is 50.3 Å². The van der Waals surface area contributed by atoms with Crippen molar-refractivity contribution in [2.24, 2.45) is 0 Å². The zero-order chi connectivity index (χ0) is 18.5. The molecule has 1 unspecified atom stereocenters. The highest BCUT2D eigenvalue weighted by atomic mass is 16.5. The van der Waals surface area contributed by atoms with Crippen LogP contribution in [0.3, 0.4) is 0 Å². The lowest BCUT2D eigenvalue weighted by Gasteiger charge is -2.36. The number of amides is 1. The standard InChI is InChI=1S/C21H29N3O2/c1-4-24-21-18(14-22-24)12-13-23(19(21)15-26-5-2)20(25)11-10-17-9-7-6-8-16(17)3/h6-9,14,19H,4-5,10-13,15H2,1-3H3. The van der Waals surface area contributed by atoms with Gasteiger partial charge >= 0.3 is 0 Å². The molecule has 1 aliphatic rings. The molecule has 1 amide bonds. The highest BCUT2D eigenvalue weighted by Crippen LogP contribution is 2.31. The molecule has 140 valence electrons. The summed E-state index contributed by atoms with van der Waals surface area (Å²) < 4.78 is 7.74. The van der Waals surface area contributed by atoms with Crippen LogP contribution in [0.25, 0.3) is 0 Å². The van der Waals surface area contributed by atoms with Gasteiger partial charge in [-0.2, -0.15) is 5.10 Å². The van der Waals surface area contributed by atoms with Gasteiger partial charge in [0.05, 0.1) is 24.5 Å². The van der Waals surface area contributed by atoms with Crippen LogP contribution in [0, 0.1) is 6.92 Å². The van der Waals surface area contributed by atoms with E-state index in [0.29, 0.717) is 19.6 Å². The summed E-state index contributed by atoms with van der Waals surface area (Å²) in [7, 11) is 0. The van der Waals surface area contributed by atoms with E-state index in [-0.39, 0.29) is 11.9 Å². The first-order valence-corrected chi connectivity index (χ1v) is 9.62. The zero-order valence-corrected chi connectivity index (χ0v) is 16.1. The minimum atomic E-state index is -0.0366. The molecule has 2 heterocycles. The van der Waals surface area contributed by atoms with Crippen LogP contribution >= 0.6 is 0 Å². The number of ether oxygens (including phenoxy) is 1. The summed E-state index contributed by atoms with van der Waals surface area (Å²) >= 11 is 0. The average Bonchev–Trinajstić information content (AvgIpc) is 3.08. The molecule has 1 atom stereocenters. The van der Waals surface area contributed by atoms with Crippen molar-refractivity contribution in [2.45, 2.75) is 52.6 Å². The molecule has 2 aromatic rings. The Bertz CT molecular complexity index is 740. The summed E-state index contributed by atoms with van der Waals surface area (Å²) in [6.45, 7) is 8.92. The smallest absolute Gasteiger partial charge is 0.223 e. The number of hydrogen-bond acceptors (Lipinski definition) is 3. The number of fused-ring (bicyclic) bond motifs is 1. The van der Waals surface area contributed by atoms with E-state index in [1.165, 1.54) is 16.7 Å². The Morgan fingerprint density at radius 1 is 1.31 bits per heavy atom. The molecule has 0 N–H and O–H groups in total. The zero-order valence-electron chi connectivity index (χ0n) is 16.1. The van der Waals surface area contributed by atoms with Crippen molar-refractivity contribution in [3.05, 3.63) is 52.8 Å². The van der Waals surface area contributed by atoms with Gasteiger partial charge in [0.15, 0.2) is 0 Å². The molecule has 26 heavy (non-hydrogen) atoms. The lowest BCUT2D eigenvalue weighted by atomic mass is 9.98. The molecule has 0 aliphatic carbocycles. The maximum atomic E-state index is 13.0. The molecule has 0 radical (unpaired) electrons. The van der Waals surface area contributed by atoms with Crippen molar-refractivity contribution in [1.82, 2.24) is 14.7 Å². The van der Waals surface area contributed by atoms with E-state index in [1.807, 2.05) is 34.8 Å². The molecule has 1 aliphatic heterocycles. The third kappa shape index (κ3) is 3.83. The number of benzene rings is 1. The SMILES string of the molecule is CCOCC1c2c(cnn2CC)CCN1C(=O)CCc1ccccc1C. The van der Waals surface area contributed by atoms with Gasteiger partial charge in [-0.3, -0.25) is 9.48 Å². The molecule has 0 saturated carbocycles. The minimum Gasteiger partial charge on any atom is -0.379 e. The Morgan fingerprint density at radius 2 is 2.12 bits per heavy atom. The predicted octanol–water partition coefficient (Wildman–Crippen LogP) is 3.31. The van der Waals surface area contributed by atoms with Crippen molar-refractivity contribution < 1.29 is 9.53 Å². The maximum Gasteiger partial charge on any atom is 0.223 e. The monoisotopic (exact) mass is 355 g/mol. The second-order valence-corrected chi connectivity index (χ2v) is 6.81. The van der Waals surface area contributed by atoms with Crippen molar-refractivity contribution in [2.75, 3.05) is 19.8 Å². The number of aryl methyl sites for hydroxylation is 3. The highest BCUT2D eigenvalue weighted by molar-refractivity contribution is 5.77. The Balaban J connectivity index is 1.76. The van der Waals surface area contributed by atoms with Gasteiger partial charge in [-0.25, -0.2) is 0 Å². The molecule has 1 aromatic heterocycles. The van der Waals surface area contributed by atoms with Crippen LogP contribution in [0.4, 0.5) is 0 Å². The van der Waals surface area contributed by atoms with Gasteiger partial charge in [0, 0.05) is 26.1 Å². The van der Waals surface area contributed by atoms with Gasteiger partial charge in [0.25, 0.3) is 0 Å². The van der Waals surface area contributed by atoms with Gasteiger partial charge < -0.3 is 9.64 Å². The summed E-state index contributed by atoms with van der Waals surface area (Å²) in [6, 6.07) is 8.26. The summed E-state index contributed by atoms with van der Waals surface area (Å²) in [5, 5.41) is 4.50. The van der Waals surface area contributed by atoms with Crippen molar-refractivity contribution in [3.8, 4) is 0 Å². The van der Waals surface area contributed by atoms with Crippen LogP contribution in [0.5, 0.6) is 0 Å². The molecule has 5 nitrogen and oxygen atoms in total. The lowest BCUT2D eigenvalue weighted by Crippen LogP contribution is -2.43. The van der Waals surface area contributed by atoms with Gasteiger partial charge in [0.1, 0.15) is 0 Å². The molecule has 0 fully saturated rings. The van der Waals surface area contributed by atoms with Gasteiger partial charge in [-0.15, -0.1) is 0 Å². The van der Waals surface area contributed by atoms with E-state index in [2.05, 4.69) is 31.1 Å². The Morgan fingerprint density at radius 3 is 2.85 bits per heavy atom. The van der Waals surface area contributed by atoms with E-state index in [1.54, 1.807) is 0 Å². The number of aromatic nitrogens is 2. The molecule has 0 saturated heterocycles. The van der Waals surface area contributed by atoms with Crippen LogP contribution in [-0.2, 0) is 28.9 Å². The average molecular weight is 355 g/mol. The van der Waals surface area contributed by atoms with Crippen LogP contribution < -0.4 is 0 Å². The van der Waals surface area contributed by atoms with Gasteiger partial charge in [0.2, 0.25) is 5.91 Å². The quantitative estimate of drug-likeness (QED) is 0.765. The summed E-state index contributed by atoms with van der Waals surface area (Å²) in [4.78, 5) is 15.0. The third-order valence-electron chi connectivity index (χ3n) is 5.24. The summed E-state index contributed by atoms with van der Waals surface area (Å²) in [6.07, 6.45) is 4.13. The van der Waals surface area contributed by atoms with E-state index < -0.39 is 0 Å². The largest absolute Gasteiger partial charge is 0.379 e. The topological polar surface area (TPSA) is 47.4 Å². The molecule has 5 heteroatoms. The van der Waals surface area contributed by atoms with Crippen molar-refractivity contribution in [3.63, 3.8) is 0 Å². The Kier molecular flexibility index (Phi) is 6.09. The van der Waals surface area contributed by atoms with Gasteiger partial charge in [-0.1, -0.05) is 24.3 Å². The fourth-order valence-corrected chi connectivity index (χ4v) is 3.78. The predicted molar refractivity (Wildman–Crippen MR) is 102 cm³/mol. The molecule has 0 bridgehead atoms. The highest BCUT2D eigenvalue weighted by Gasteiger charge is 2.33. The fourth-order valence-electron chi connectivity index (χ4n) is 3.78. The van der Waals surface area contributed by atoms with E-state index in [0.717, 1.165) is 31.6 Å². The van der Waals surface area contributed by atoms with Crippen LogP contribution in [0.15, 0.2) is 30.5 Å². The van der Waals surface area contributed by atoms with Crippen molar-refractivity contribution >= 4 is 5.91 Å². The molecule has 0 spiro atoms. The second kappa shape index (κ2) is 8.49. The number of carbonyl (C=O) groups is 1. The van der Waals surface area contributed by atoms with Crippen LogP contribution in [-0.4, -0.2) is 40.3 Å². The Hall–Kier alpha value is -2.14. The van der Waals surface area contributed by atoms with Crippen LogP contribution in [0.1, 0.15) is 48.7 Å². The maximum absolute atomic E-state index is 13.0. The first-order valence-electron chi connectivity index (χ1n) is 9.62. The van der Waals surface area contributed by atoms with E-state index >= 15 is 0 Å². The molecule has 3 rings (SSSR count). The summed E-state index contributed by atoms with van der Waals surface area (Å²) in [5.74, 6) is 0.201. The third-order valence-corrected chi connectivity index (χ3v) is 5.24. The number of nitrogens with zero attached hydrogens (tertiary/aromatic N) is 3. The molecule has 1 aromatic carbocycles. The second-order valence-electron chi connectivity index (χ2n) is 6.81. The normalized spacial score (nSPS) is 16.6. The fraction of sp³-hybridized carbons (Fsp3) is 0.524. The van der Waals surface area contributed by atoms with Crippen LogP contribution in [0.2, 0.25) is 0 Å². The summed E-state index contributed by atoms with van der Waals surface area (Å²) in [5.41, 5.74) is 4.89. The first-order chi connectivity index (χ1) is 12.7. The Labute approximate surface area is 156 Å². The molecular weight excluding hydrogens is 326 g/mol. The van der Waals surface area contributed by atoms with E-state index in [9.17, 15) is 4.79 Å². The number of rotatable bonds is 7. The minimum absolute atomic E-state index is 0.0366.